The quantitative estimate of drug-likeness (QED) is 0.119. The monoisotopic (exact) mass is 594 g/mol. The Morgan fingerprint density at radius 3 is 2.60 bits per heavy atom. The first-order valence-corrected chi connectivity index (χ1v) is 14.9. The number of ether oxygens (including phenoxy) is 2. The van der Waals surface area contributed by atoms with Crippen molar-refractivity contribution in [2.45, 2.75) is 67.7 Å². The third-order valence-corrected chi connectivity index (χ3v) is 10.2. The van der Waals surface area contributed by atoms with Crippen molar-refractivity contribution in [2.24, 2.45) is 5.11 Å². The summed E-state index contributed by atoms with van der Waals surface area (Å²) >= 11 is 1.25. The number of aromatic amines is 1. The molecule has 17 heteroatoms. The van der Waals surface area contributed by atoms with E-state index >= 15 is 0 Å². The number of nitrogens with one attached hydrogen (secondary N) is 2. The summed E-state index contributed by atoms with van der Waals surface area (Å²) in [5, 5.41) is 18.3. The Morgan fingerprint density at radius 2 is 2.02 bits per heavy atom. The Labute approximate surface area is 231 Å². The van der Waals surface area contributed by atoms with Gasteiger partial charge in [0, 0.05) is 17.2 Å². The van der Waals surface area contributed by atoms with E-state index in [2.05, 4.69) is 20.1 Å². The fraction of sp³-hybridized carbons (Fsp3) is 0.522. The number of carbonyl (C=O) groups excluding carboxylic acids is 1. The third-order valence-electron chi connectivity index (χ3n) is 6.93. The van der Waals surface area contributed by atoms with Gasteiger partial charge in [-0.1, -0.05) is 23.3 Å². The van der Waals surface area contributed by atoms with Crippen LogP contribution in [0.4, 0.5) is 0 Å². The van der Waals surface area contributed by atoms with Crippen molar-refractivity contribution in [1.29, 1.82) is 0 Å². The highest BCUT2D eigenvalue weighted by molar-refractivity contribution is 8.02. The predicted molar refractivity (Wildman–Crippen MR) is 141 cm³/mol. The molecule has 1 aromatic heterocycles. The molecule has 1 aliphatic carbocycles. The normalized spacial score (nSPS) is 32.3. The number of benzene rings is 1. The molecule has 3 N–H and O–H groups in total. The lowest BCUT2D eigenvalue weighted by Crippen LogP contribution is -2.56. The number of hydrogen-bond donors (Lipinski definition) is 3. The lowest BCUT2D eigenvalue weighted by atomic mass is 9.92. The number of thioether (sulfide) groups is 1. The van der Waals surface area contributed by atoms with Gasteiger partial charge < -0.3 is 19.1 Å². The van der Waals surface area contributed by atoms with E-state index in [-0.39, 0.29) is 5.75 Å². The molecule has 0 amide bonds. The van der Waals surface area contributed by atoms with Crippen LogP contribution in [0.25, 0.3) is 10.4 Å². The van der Waals surface area contributed by atoms with Crippen LogP contribution in [-0.4, -0.2) is 60.7 Å². The largest absolute Gasteiger partial charge is 0.462 e. The van der Waals surface area contributed by atoms with Crippen molar-refractivity contribution in [1.82, 2.24) is 14.6 Å². The van der Waals surface area contributed by atoms with Crippen LogP contribution >= 0.6 is 19.5 Å². The van der Waals surface area contributed by atoms with Gasteiger partial charge in [0.05, 0.1) is 10.9 Å². The standard InChI is InChI=1S/C23H27N6O9PS/c1-13(2)35-17(31)14(3)26-39(34,37-15-7-5-4-6-8-15)38-18-22(33)21(10-12-40-21)19(36-23(18,22)27-28-24)29-11-9-16(30)25-20(29)32/h4-9,11,13-14,18-19,33H,10,12H2,1-3H3,(H,26,34)(H,25,30,32)/t14-,18?,19+,21-,22-,23?,39?/m0/s1. The van der Waals surface area contributed by atoms with Crippen molar-refractivity contribution in [3.05, 3.63) is 73.9 Å². The van der Waals surface area contributed by atoms with E-state index in [1.165, 1.54) is 37.0 Å². The van der Waals surface area contributed by atoms with Crippen LogP contribution in [0, 0.1) is 0 Å². The number of para-hydroxylation sites is 1. The number of aliphatic hydroxyl groups is 1. The van der Waals surface area contributed by atoms with E-state index in [4.69, 9.17) is 18.5 Å². The molecule has 1 spiro atoms. The van der Waals surface area contributed by atoms with Gasteiger partial charge in [0.2, 0.25) is 5.72 Å². The molecule has 2 saturated heterocycles. The summed E-state index contributed by atoms with van der Waals surface area (Å²) in [6.45, 7) is 4.71. The van der Waals surface area contributed by atoms with Crippen LogP contribution in [-0.2, 0) is 23.4 Å². The molecule has 15 nitrogen and oxygen atoms in total. The van der Waals surface area contributed by atoms with Crippen LogP contribution < -0.4 is 20.9 Å². The molecule has 3 aliphatic rings. The third kappa shape index (κ3) is 4.36. The van der Waals surface area contributed by atoms with Crippen LogP contribution in [0.15, 0.2) is 57.3 Å². The van der Waals surface area contributed by atoms with Gasteiger partial charge in [0.25, 0.3) is 5.56 Å². The SMILES string of the molecule is CC(C)OC(=O)[C@H](C)NP(=O)(Oc1ccccc1)OC1C2(N=[N+]=[N-])O[C@@H](n3ccc(=O)[nH]c3=O)[C@@]3(CCS3)[C@@]12O. The molecule has 5 rings (SSSR count). The van der Waals surface area contributed by atoms with Gasteiger partial charge in [-0.3, -0.25) is 23.7 Å². The van der Waals surface area contributed by atoms with Gasteiger partial charge in [-0.2, -0.15) is 5.09 Å². The molecule has 1 aromatic carbocycles. The zero-order valence-electron chi connectivity index (χ0n) is 21.6. The lowest BCUT2D eigenvalue weighted by Gasteiger charge is -2.46. The molecule has 3 heterocycles. The number of carbonyl (C=O) groups is 1. The maximum atomic E-state index is 14.1. The Kier molecular flexibility index (Phi) is 7.16. The first kappa shape index (κ1) is 28.4. The van der Waals surface area contributed by atoms with E-state index in [9.17, 15) is 29.6 Å². The van der Waals surface area contributed by atoms with Gasteiger partial charge >= 0.3 is 19.4 Å². The molecule has 0 radical (unpaired) electrons. The zero-order valence-corrected chi connectivity index (χ0v) is 23.3. The Morgan fingerprint density at radius 1 is 1.32 bits per heavy atom. The van der Waals surface area contributed by atoms with Crippen molar-refractivity contribution in [3.8, 4) is 5.75 Å². The van der Waals surface area contributed by atoms with E-state index in [0.29, 0.717) is 12.2 Å². The second-order valence-electron chi connectivity index (χ2n) is 9.85. The highest BCUT2D eigenvalue weighted by Crippen LogP contribution is 2.78. The Hall–Kier alpha value is -3.10. The van der Waals surface area contributed by atoms with Crippen molar-refractivity contribution in [2.75, 3.05) is 5.75 Å². The molecular formula is C23H27N6O9PS. The number of aromatic nitrogens is 2. The lowest BCUT2D eigenvalue weighted by molar-refractivity contribution is -0.149. The summed E-state index contributed by atoms with van der Waals surface area (Å²) in [6, 6.07) is 7.95. The molecular weight excluding hydrogens is 567 g/mol. The fourth-order valence-electron chi connectivity index (χ4n) is 5.06. The Bertz CT molecular complexity index is 1520. The molecule has 1 saturated carbocycles. The highest BCUT2D eigenvalue weighted by atomic mass is 32.2. The summed E-state index contributed by atoms with van der Waals surface area (Å²) < 4.78 is 36.8. The van der Waals surface area contributed by atoms with Crippen LogP contribution in [0.1, 0.15) is 33.4 Å². The summed E-state index contributed by atoms with van der Waals surface area (Å²) in [7, 11) is -4.50. The number of fused-ring (bicyclic) bond motifs is 2. The minimum Gasteiger partial charge on any atom is -0.462 e. The second-order valence-corrected chi connectivity index (χ2v) is 12.9. The van der Waals surface area contributed by atoms with Gasteiger partial charge in [-0.15, -0.1) is 11.8 Å². The van der Waals surface area contributed by atoms with E-state index in [0.717, 1.165) is 10.6 Å². The molecule has 3 fully saturated rings. The molecule has 214 valence electrons. The first-order chi connectivity index (χ1) is 18.9. The average Bonchev–Trinajstić information content (AvgIpc) is 3.20. The zero-order chi connectivity index (χ0) is 28.9. The number of hydrogen-bond acceptors (Lipinski definition) is 11. The molecule has 40 heavy (non-hydrogen) atoms. The summed E-state index contributed by atoms with van der Waals surface area (Å²) in [5.41, 5.74) is 3.83. The van der Waals surface area contributed by atoms with Crippen LogP contribution in [0.5, 0.6) is 5.75 Å². The van der Waals surface area contributed by atoms with E-state index in [1.54, 1.807) is 32.0 Å². The maximum Gasteiger partial charge on any atom is 0.459 e. The first-order valence-electron chi connectivity index (χ1n) is 12.3. The Balaban J connectivity index is 1.51. The molecule has 2 aromatic rings. The number of esters is 1. The smallest absolute Gasteiger partial charge is 0.459 e. The van der Waals surface area contributed by atoms with Gasteiger partial charge in [-0.25, -0.2) is 9.36 Å². The summed E-state index contributed by atoms with van der Waals surface area (Å²) in [6.07, 6.45) is -1.60. The maximum absolute atomic E-state index is 14.1. The van der Waals surface area contributed by atoms with Crippen molar-refractivity contribution in [3.63, 3.8) is 0 Å². The average molecular weight is 595 g/mol. The minimum absolute atomic E-state index is 0.129. The number of H-pyrrole nitrogens is 1. The summed E-state index contributed by atoms with van der Waals surface area (Å²) in [4.78, 5) is 41.7. The van der Waals surface area contributed by atoms with Gasteiger partial charge in [0.15, 0.2) is 11.8 Å². The number of rotatable bonds is 10. The molecule has 0 bridgehead atoms. The van der Waals surface area contributed by atoms with E-state index in [1.807, 2.05) is 0 Å². The number of nitrogens with zero attached hydrogens (tertiary/aromatic N) is 4. The fourth-order valence-corrected chi connectivity index (χ4v) is 8.19. The second kappa shape index (κ2) is 10.1. The van der Waals surface area contributed by atoms with Crippen molar-refractivity contribution >= 4 is 25.5 Å². The van der Waals surface area contributed by atoms with Crippen molar-refractivity contribution < 1.29 is 33.0 Å². The van der Waals surface area contributed by atoms with E-state index < -0.39 is 65.5 Å². The van der Waals surface area contributed by atoms with Gasteiger partial charge in [-0.05, 0) is 50.6 Å². The molecule has 2 aliphatic heterocycles. The predicted octanol–water partition coefficient (Wildman–Crippen LogP) is 2.19. The van der Waals surface area contributed by atoms with Crippen LogP contribution in [0.2, 0.25) is 0 Å². The number of azide groups is 1. The minimum atomic E-state index is -4.50. The molecule has 7 atom stereocenters. The highest BCUT2D eigenvalue weighted by Gasteiger charge is 2.95. The topological polar surface area (TPSA) is 207 Å². The van der Waals surface area contributed by atoms with Gasteiger partial charge in [0.1, 0.15) is 17.9 Å². The van der Waals surface area contributed by atoms with Crippen LogP contribution in [0.3, 0.4) is 0 Å². The summed E-state index contributed by atoms with van der Waals surface area (Å²) in [5.74, 6) is -0.0344. The molecule has 3 unspecified atom stereocenters.